The molecule has 0 heterocycles. The van der Waals surface area contributed by atoms with Crippen molar-refractivity contribution in [2.24, 2.45) is 0 Å². The van der Waals surface area contributed by atoms with Crippen LogP contribution in [0.5, 0.6) is 0 Å². The first kappa shape index (κ1) is 10.5. The fourth-order valence-electron chi connectivity index (χ4n) is 2.25. The zero-order valence-electron chi connectivity index (χ0n) is 8.10. The summed E-state index contributed by atoms with van der Waals surface area (Å²) in [6, 6.07) is 6.27. The summed E-state index contributed by atoms with van der Waals surface area (Å²) in [6.45, 7) is 0. The zero-order chi connectivity index (χ0) is 9.97. The molecule has 2 heteroatoms. The molecular formula is C12H14BrCl. The van der Waals surface area contributed by atoms with Crippen molar-refractivity contribution in [2.75, 3.05) is 0 Å². The Morgan fingerprint density at radius 1 is 1.14 bits per heavy atom. The van der Waals surface area contributed by atoms with Gasteiger partial charge in [0.2, 0.25) is 0 Å². The van der Waals surface area contributed by atoms with Gasteiger partial charge < -0.3 is 0 Å². The van der Waals surface area contributed by atoms with Crippen molar-refractivity contribution in [3.05, 3.63) is 33.3 Å². The molecule has 1 aliphatic carbocycles. The van der Waals surface area contributed by atoms with Crippen molar-refractivity contribution in [1.82, 2.24) is 0 Å². The highest BCUT2D eigenvalue weighted by Crippen LogP contribution is 2.37. The first-order chi connectivity index (χ1) is 6.77. The van der Waals surface area contributed by atoms with Gasteiger partial charge in [-0.25, -0.2) is 0 Å². The van der Waals surface area contributed by atoms with Crippen LogP contribution < -0.4 is 0 Å². The van der Waals surface area contributed by atoms with E-state index in [0.717, 1.165) is 9.50 Å². The van der Waals surface area contributed by atoms with Crippen molar-refractivity contribution in [3.8, 4) is 0 Å². The SMILES string of the molecule is Clc1cc(Br)ccc1C1CCCCC1. The fraction of sp³-hybridized carbons (Fsp3) is 0.500. The van der Waals surface area contributed by atoms with Crippen LogP contribution in [-0.2, 0) is 0 Å². The molecule has 0 N–H and O–H groups in total. The lowest BCUT2D eigenvalue weighted by atomic mass is 9.84. The standard InChI is InChI=1S/C12H14BrCl/c13-10-6-7-11(12(14)8-10)9-4-2-1-3-5-9/h6-9H,1-5H2. The second kappa shape index (κ2) is 4.67. The topological polar surface area (TPSA) is 0 Å². The maximum absolute atomic E-state index is 6.23. The molecule has 1 saturated carbocycles. The van der Waals surface area contributed by atoms with E-state index in [1.807, 2.05) is 6.07 Å². The second-order valence-electron chi connectivity index (χ2n) is 4.00. The minimum atomic E-state index is 0.698. The van der Waals surface area contributed by atoms with Crippen LogP contribution in [0.15, 0.2) is 22.7 Å². The van der Waals surface area contributed by atoms with E-state index >= 15 is 0 Å². The normalized spacial score (nSPS) is 18.4. The molecule has 0 spiro atoms. The Labute approximate surface area is 98.8 Å². The van der Waals surface area contributed by atoms with Gasteiger partial charge in [-0.15, -0.1) is 0 Å². The third kappa shape index (κ3) is 2.32. The minimum Gasteiger partial charge on any atom is -0.0840 e. The fourth-order valence-corrected chi connectivity index (χ4v) is 3.07. The van der Waals surface area contributed by atoms with Gasteiger partial charge >= 0.3 is 0 Å². The molecule has 1 aliphatic rings. The second-order valence-corrected chi connectivity index (χ2v) is 5.32. The van der Waals surface area contributed by atoms with Crippen molar-refractivity contribution < 1.29 is 0 Å². The first-order valence-electron chi connectivity index (χ1n) is 5.22. The average Bonchev–Trinajstić information content (AvgIpc) is 2.19. The predicted molar refractivity (Wildman–Crippen MR) is 65.0 cm³/mol. The highest BCUT2D eigenvalue weighted by molar-refractivity contribution is 9.10. The number of hydrogen-bond donors (Lipinski definition) is 0. The molecule has 0 aliphatic heterocycles. The van der Waals surface area contributed by atoms with Gasteiger partial charge in [0.1, 0.15) is 0 Å². The average molecular weight is 274 g/mol. The van der Waals surface area contributed by atoms with Crippen LogP contribution in [0.3, 0.4) is 0 Å². The molecule has 0 unspecified atom stereocenters. The van der Waals surface area contributed by atoms with Crippen molar-refractivity contribution in [3.63, 3.8) is 0 Å². The van der Waals surface area contributed by atoms with Gasteiger partial charge in [-0.3, -0.25) is 0 Å². The van der Waals surface area contributed by atoms with Gasteiger partial charge in [-0.2, -0.15) is 0 Å². The molecule has 1 aromatic rings. The molecule has 0 nitrogen and oxygen atoms in total. The Bertz CT molecular complexity index is 316. The summed E-state index contributed by atoms with van der Waals surface area (Å²) >= 11 is 9.67. The van der Waals surface area contributed by atoms with Gasteiger partial charge in [-0.05, 0) is 36.5 Å². The highest BCUT2D eigenvalue weighted by atomic mass is 79.9. The van der Waals surface area contributed by atoms with Gasteiger partial charge in [0.05, 0.1) is 0 Å². The summed E-state index contributed by atoms with van der Waals surface area (Å²) in [5.74, 6) is 0.698. The molecule has 0 bridgehead atoms. The summed E-state index contributed by atoms with van der Waals surface area (Å²) in [5, 5.41) is 0.922. The monoisotopic (exact) mass is 272 g/mol. The Kier molecular flexibility index (Phi) is 3.51. The third-order valence-electron chi connectivity index (χ3n) is 3.01. The lowest BCUT2D eigenvalue weighted by molar-refractivity contribution is 0.443. The van der Waals surface area contributed by atoms with E-state index in [4.69, 9.17) is 11.6 Å². The summed E-state index contributed by atoms with van der Waals surface area (Å²) in [6.07, 6.45) is 6.72. The van der Waals surface area contributed by atoms with Gasteiger partial charge in [-0.1, -0.05) is 52.9 Å². The van der Waals surface area contributed by atoms with E-state index in [2.05, 4.69) is 28.1 Å². The number of rotatable bonds is 1. The number of hydrogen-bond acceptors (Lipinski definition) is 0. The quantitative estimate of drug-likeness (QED) is 0.664. The molecule has 1 fully saturated rings. The lowest BCUT2D eigenvalue weighted by Gasteiger charge is -2.22. The van der Waals surface area contributed by atoms with Crippen molar-refractivity contribution >= 4 is 27.5 Å². The van der Waals surface area contributed by atoms with E-state index in [0.29, 0.717) is 5.92 Å². The van der Waals surface area contributed by atoms with E-state index in [-0.39, 0.29) is 0 Å². The molecule has 14 heavy (non-hydrogen) atoms. The molecule has 0 atom stereocenters. The Hall–Kier alpha value is -0.0100. The van der Waals surface area contributed by atoms with Crippen LogP contribution in [0.4, 0.5) is 0 Å². The maximum atomic E-state index is 6.23. The summed E-state index contributed by atoms with van der Waals surface area (Å²) in [7, 11) is 0. The van der Waals surface area contributed by atoms with Crippen molar-refractivity contribution in [1.29, 1.82) is 0 Å². The zero-order valence-corrected chi connectivity index (χ0v) is 10.4. The van der Waals surface area contributed by atoms with E-state index in [1.54, 1.807) is 0 Å². The summed E-state index contributed by atoms with van der Waals surface area (Å²) < 4.78 is 1.07. The number of halogens is 2. The maximum Gasteiger partial charge on any atom is 0.0452 e. The van der Waals surface area contributed by atoms with Gasteiger partial charge in [0, 0.05) is 9.50 Å². The molecule has 0 saturated heterocycles. The van der Waals surface area contributed by atoms with Crippen molar-refractivity contribution in [2.45, 2.75) is 38.0 Å². The molecular weight excluding hydrogens is 259 g/mol. The Morgan fingerprint density at radius 3 is 2.50 bits per heavy atom. The smallest absolute Gasteiger partial charge is 0.0452 e. The van der Waals surface area contributed by atoms with Gasteiger partial charge in [0.15, 0.2) is 0 Å². The van der Waals surface area contributed by atoms with Gasteiger partial charge in [0.25, 0.3) is 0 Å². The predicted octanol–water partition coefficient (Wildman–Crippen LogP) is 5.15. The summed E-state index contributed by atoms with van der Waals surface area (Å²) in [5.41, 5.74) is 1.34. The Morgan fingerprint density at radius 2 is 1.86 bits per heavy atom. The van der Waals surface area contributed by atoms with Crippen LogP contribution in [-0.4, -0.2) is 0 Å². The van der Waals surface area contributed by atoms with Crippen LogP contribution in [0.1, 0.15) is 43.6 Å². The van der Waals surface area contributed by atoms with Crippen LogP contribution >= 0.6 is 27.5 Å². The third-order valence-corrected chi connectivity index (χ3v) is 3.83. The minimum absolute atomic E-state index is 0.698. The Balaban J connectivity index is 2.22. The highest BCUT2D eigenvalue weighted by Gasteiger charge is 2.17. The van der Waals surface area contributed by atoms with Crippen LogP contribution in [0.2, 0.25) is 5.02 Å². The largest absolute Gasteiger partial charge is 0.0840 e. The first-order valence-corrected chi connectivity index (χ1v) is 6.39. The van der Waals surface area contributed by atoms with Crippen LogP contribution in [0, 0.1) is 0 Å². The molecule has 76 valence electrons. The lowest BCUT2D eigenvalue weighted by Crippen LogP contribution is -2.04. The number of benzene rings is 1. The molecule has 1 aromatic carbocycles. The molecule has 0 radical (unpaired) electrons. The van der Waals surface area contributed by atoms with Crippen LogP contribution in [0.25, 0.3) is 0 Å². The molecule has 0 aromatic heterocycles. The summed E-state index contributed by atoms with van der Waals surface area (Å²) in [4.78, 5) is 0. The van der Waals surface area contributed by atoms with E-state index < -0.39 is 0 Å². The van der Waals surface area contributed by atoms with E-state index in [9.17, 15) is 0 Å². The molecule has 2 rings (SSSR count). The molecule has 0 amide bonds. The van der Waals surface area contributed by atoms with E-state index in [1.165, 1.54) is 37.7 Å².